The molecule has 0 spiro atoms. The second-order valence-electron chi connectivity index (χ2n) is 5.46. The Kier molecular flexibility index (Phi) is 4.36. The van der Waals surface area contributed by atoms with Gasteiger partial charge in [-0.1, -0.05) is 29.8 Å². The predicted molar refractivity (Wildman–Crippen MR) is 85.1 cm³/mol. The molecule has 1 aromatic carbocycles. The van der Waals surface area contributed by atoms with Crippen LogP contribution in [0.2, 0.25) is 0 Å². The van der Waals surface area contributed by atoms with Gasteiger partial charge in [-0.3, -0.25) is 0 Å². The number of nitrogens with zero attached hydrogens (tertiary/aromatic N) is 4. The van der Waals surface area contributed by atoms with Gasteiger partial charge >= 0.3 is 0 Å². The summed E-state index contributed by atoms with van der Waals surface area (Å²) in [5, 5.41) is 0. The third-order valence-electron chi connectivity index (χ3n) is 3.70. The summed E-state index contributed by atoms with van der Waals surface area (Å²) in [6.45, 7) is 6.67. The lowest BCUT2D eigenvalue weighted by Crippen LogP contribution is -2.44. The number of hydrogen-bond acceptors (Lipinski definition) is 6. The molecule has 0 amide bonds. The lowest BCUT2D eigenvalue weighted by atomic mass is 10.1. The van der Waals surface area contributed by atoms with Crippen molar-refractivity contribution in [1.82, 2.24) is 13.6 Å². The molecule has 0 radical (unpaired) electrons. The predicted octanol–water partition coefficient (Wildman–Crippen LogP) is 2.18. The Hall–Kier alpha value is -1.66. The van der Waals surface area contributed by atoms with E-state index in [0.29, 0.717) is 12.5 Å². The van der Waals surface area contributed by atoms with Crippen molar-refractivity contribution in [1.29, 1.82) is 0 Å². The Morgan fingerprint density at radius 1 is 1.19 bits per heavy atom. The zero-order chi connectivity index (χ0) is 14.7. The molecule has 5 nitrogen and oxygen atoms in total. The van der Waals surface area contributed by atoms with Crippen LogP contribution in [0, 0.1) is 6.92 Å². The minimum Gasteiger partial charge on any atom is -0.470 e. The Bertz CT molecular complexity index is 593. The second kappa shape index (κ2) is 6.41. The van der Waals surface area contributed by atoms with Crippen LogP contribution in [0.3, 0.4) is 0 Å². The average Bonchev–Trinajstić information content (AvgIpc) is 2.94. The Labute approximate surface area is 129 Å². The normalized spacial score (nSPS) is 16.2. The zero-order valence-corrected chi connectivity index (χ0v) is 13.3. The van der Waals surface area contributed by atoms with Crippen LogP contribution in [0.4, 0.5) is 5.82 Å². The minimum absolute atomic E-state index is 0.536. The maximum atomic E-state index is 5.88. The van der Waals surface area contributed by atoms with Gasteiger partial charge in [0.15, 0.2) is 0 Å². The van der Waals surface area contributed by atoms with Gasteiger partial charge in [-0.2, -0.15) is 4.37 Å². The van der Waals surface area contributed by atoms with E-state index >= 15 is 0 Å². The molecule has 1 fully saturated rings. The molecule has 1 aromatic heterocycles. The Balaban J connectivity index is 1.65. The second-order valence-corrected chi connectivity index (χ2v) is 5.99. The summed E-state index contributed by atoms with van der Waals surface area (Å²) in [6, 6.07) is 8.34. The molecule has 112 valence electrons. The van der Waals surface area contributed by atoms with Crippen LogP contribution in [-0.4, -0.2) is 46.9 Å². The first-order chi connectivity index (χ1) is 10.2. The van der Waals surface area contributed by atoms with E-state index in [2.05, 4.69) is 56.8 Å². The smallest absolute Gasteiger partial charge is 0.271 e. The first-order valence-electron chi connectivity index (χ1n) is 7.17. The van der Waals surface area contributed by atoms with Gasteiger partial charge in [0.05, 0.1) is 11.7 Å². The van der Waals surface area contributed by atoms with Crippen molar-refractivity contribution in [3.8, 4) is 5.88 Å². The number of ether oxygens (including phenoxy) is 1. The van der Waals surface area contributed by atoms with Crippen molar-refractivity contribution in [3.05, 3.63) is 35.4 Å². The van der Waals surface area contributed by atoms with Crippen LogP contribution >= 0.6 is 11.7 Å². The molecule has 21 heavy (non-hydrogen) atoms. The first kappa shape index (κ1) is 14.3. The summed E-state index contributed by atoms with van der Waals surface area (Å²) < 4.78 is 14.6. The van der Waals surface area contributed by atoms with E-state index in [9.17, 15) is 0 Å². The van der Waals surface area contributed by atoms with Crippen LogP contribution in [0.15, 0.2) is 24.3 Å². The van der Waals surface area contributed by atoms with Crippen LogP contribution in [0.25, 0.3) is 0 Å². The molecule has 1 aliphatic heterocycles. The average molecular weight is 304 g/mol. The SMILES string of the molecule is Cc1cccc(COc2nsnc2N2CCN(C)CC2)c1. The number of benzene rings is 1. The summed E-state index contributed by atoms with van der Waals surface area (Å²) >= 11 is 1.22. The molecule has 0 N–H and O–H groups in total. The fourth-order valence-electron chi connectivity index (χ4n) is 2.43. The highest BCUT2D eigenvalue weighted by Gasteiger charge is 2.21. The molecule has 6 heteroatoms. The van der Waals surface area contributed by atoms with Gasteiger partial charge in [-0.15, -0.1) is 4.37 Å². The summed E-state index contributed by atoms with van der Waals surface area (Å²) in [6.07, 6.45) is 0. The van der Waals surface area contributed by atoms with E-state index in [4.69, 9.17) is 4.74 Å². The van der Waals surface area contributed by atoms with Gasteiger partial charge in [-0.25, -0.2) is 0 Å². The van der Waals surface area contributed by atoms with E-state index in [1.807, 2.05) is 0 Å². The van der Waals surface area contributed by atoms with E-state index in [1.165, 1.54) is 17.3 Å². The first-order valence-corrected chi connectivity index (χ1v) is 7.90. The van der Waals surface area contributed by atoms with Gasteiger partial charge < -0.3 is 14.5 Å². The van der Waals surface area contributed by atoms with Gasteiger partial charge in [0.25, 0.3) is 5.88 Å². The summed E-state index contributed by atoms with van der Waals surface area (Å²) in [5.41, 5.74) is 2.40. The van der Waals surface area contributed by atoms with Crippen molar-refractivity contribution < 1.29 is 4.74 Å². The lowest BCUT2D eigenvalue weighted by Gasteiger charge is -2.32. The molecule has 1 aliphatic rings. The highest BCUT2D eigenvalue weighted by Crippen LogP contribution is 2.27. The number of aryl methyl sites for hydroxylation is 1. The van der Waals surface area contributed by atoms with E-state index < -0.39 is 0 Å². The van der Waals surface area contributed by atoms with E-state index in [1.54, 1.807) is 0 Å². The molecule has 0 aliphatic carbocycles. The van der Waals surface area contributed by atoms with Gasteiger partial charge in [0, 0.05) is 26.2 Å². The van der Waals surface area contributed by atoms with Crippen molar-refractivity contribution in [2.24, 2.45) is 0 Å². The van der Waals surface area contributed by atoms with Crippen molar-refractivity contribution >= 4 is 17.5 Å². The molecule has 2 heterocycles. The van der Waals surface area contributed by atoms with Gasteiger partial charge in [0.2, 0.25) is 5.82 Å². The number of rotatable bonds is 4. The topological polar surface area (TPSA) is 41.5 Å². The number of anilines is 1. The fraction of sp³-hybridized carbons (Fsp3) is 0.467. The van der Waals surface area contributed by atoms with Crippen molar-refractivity contribution in [2.75, 3.05) is 38.1 Å². The third-order valence-corrected chi connectivity index (χ3v) is 4.21. The van der Waals surface area contributed by atoms with Crippen LogP contribution < -0.4 is 9.64 Å². The Morgan fingerprint density at radius 2 is 2.00 bits per heavy atom. The Morgan fingerprint density at radius 3 is 2.76 bits per heavy atom. The number of likely N-dealkylation sites (N-methyl/N-ethyl adjacent to an activating group) is 1. The highest BCUT2D eigenvalue weighted by atomic mass is 32.1. The van der Waals surface area contributed by atoms with Gasteiger partial charge in [0.1, 0.15) is 6.61 Å². The number of piperazine rings is 1. The monoisotopic (exact) mass is 304 g/mol. The van der Waals surface area contributed by atoms with Gasteiger partial charge in [-0.05, 0) is 19.5 Å². The maximum absolute atomic E-state index is 5.88. The molecule has 0 unspecified atom stereocenters. The van der Waals surface area contributed by atoms with Crippen LogP contribution in [0.1, 0.15) is 11.1 Å². The molecule has 3 rings (SSSR count). The third kappa shape index (κ3) is 3.51. The summed E-state index contributed by atoms with van der Waals surface area (Å²) in [4.78, 5) is 4.58. The standard InChI is InChI=1S/C15H20N4OS/c1-12-4-3-5-13(10-12)11-20-15-14(16-21-17-15)19-8-6-18(2)7-9-19/h3-5,10H,6-9,11H2,1-2H3. The zero-order valence-electron chi connectivity index (χ0n) is 12.5. The molecule has 0 atom stereocenters. The summed E-state index contributed by atoms with van der Waals surface area (Å²) in [5.74, 6) is 1.55. The molecule has 0 bridgehead atoms. The fourth-order valence-corrected chi connectivity index (χ4v) is 2.95. The van der Waals surface area contributed by atoms with Crippen LogP contribution in [-0.2, 0) is 6.61 Å². The van der Waals surface area contributed by atoms with Crippen molar-refractivity contribution in [2.45, 2.75) is 13.5 Å². The quantitative estimate of drug-likeness (QED) is 0.866. The maximum Gasteiger partial charge on any atom is 0.271 e. The molecule has 2 aromatic rings. The summed E-state index contributed by atoms with van der Waals surface area (Å²) in [7, 11) is 2.14. The molecule has 0 saturated carbocycles. The number of hydrogen-bond donors (Lipinski definition) is 0. The lowest BCUT2D eigenvalue weighted by molar-refractivity contribution is 0.289. The molecular weight excluding hydrogens is 284 g/mol. The van der Waals surface area contributed by atoms with Crippen LogP contribution in [0.5, 0.6) is 5.88 Å². The minimum atomic E-state index is 0.536. The van der Waals surface area contributed by atoms with E-state index in [-0.39, 0.29) is 0 Å². The molecule has 1 saturated heterocycles. The molecular formula is C15H20N4OS. The number of aromatic nitrogens is 2. The van der Waals surface area contributed by atoms with Crippen molar-refractivity contribution in [3.63, 3.8) is 0 Å². The largest absolute Gasteiger partial charge is 0.470 e. The van der Waals surface area contributed by atoms with E-state index in [0.717, 1.165) is 37.6 Å². The highest BCUT2D eigenvalue weighted by molar-refractivity contribution is 6.99.